The standard InChI is InChI=1S/C14H20N2O2S/c15-12-7-8-14-11(10-12)4-3-9-16(14)19(17,18)13-5-1-2-6-13/h7-8,10,13H,1-6,9,15H2. The Kier molecular flexibility index (Phi) is 3.17. The van der Waals surface area contributed by atoms with Crippen LogP contribution in [0.25, 0.3) is 0 Å². The van der Waals surface area contributed by atoms with Crippen LogP contribution in [0.4, 0.5) is 11.4 Å². The molecule has 2 N–H and O–H groups in total. The third-order valence-corrected chi connectivity index (χ3v) is 6.52. The van der Waals surface area contributed by atoms with E-state index in [0.29, 0.717) is 12.2 Å². The zero-order chi connectivity index (χ0) is 13.5. The second-order valence-electron chi connectivity index (χ2n) is 5.52. The molecule has 0 bridgehead atoms. The van der Waals surface area contributed by atoms with Crippen LogP contribution in [0.1, 0.15) is 37.7 Å². The van der Waals surface area contributed by atoms with Crippen molar-refractivity contribution < 1.29 is 8.42 Å². The van der Waals surface area contributed by atoms with Gasteiger partial charge in [0, 0.05) is 12.2 Å². The third kappa shape index (κ3) is 2.20. The number of rotatable bonds is 2. The molecule has 4 nitrogen and oxygen atoms in total. The highest BCUT2D eigenvalue weighted by atomic mass is 32.2. The fraction of sp³-hybridized carbons (Fsp3) is 0.571. The second kappa shape index (κ2) is 4.71. The number of hydrogen-bond donors (Lipinski definition) is 1. The van der Waals surface area contributed by atoms with Gasteiger partial charge < -0.3 is 5.73 Å². The van der Waals surface area contributed by atoms with Crippen LogP contribution in [0.5, 0.6) is 0 Å². The zero-order valence-corrected chi connectivity index (χ0v) is 11.8. The van der Waals surface area contributed by atoms with Crippen molar-refractivity contribution in [2.45, 2.75) is 43.8 Å². The van der Waals surface area contributed by atoms with E-state index in [2.05, 4.69) is 0 Å². The average molecular weight is 280 g/mol. The van der Waals surface area contributed by atoms with Gasteiger partial charge in [-0.25, -0.2) is 8.42 Å². The Bertz CT molecular complexity index is 577. The van der Waals surface area contributed by atoms with E-state index < -0.39 is 10.0 Å². The van der Waals surface area contributed by atoms with Crippen molar-refractivity contribution in [1.82, 2.24) is 0 Å². The minimum absolute atomic E-state index is 0.184. The monoisotopic (exact) mass is 280 g/mol. The summed E-state index contributed by atoms with van der Waals surface area (Å²) in [7, 11) is -3.20. The quantitative estimate of drug-likeness (QED) is 0.845. The van der Waals surface area contributed by atoms with Crippen LogP contribution < -0.4 is 10.0 Å². The third-order valence-electron chi connectivity index (χ3n) is 4.21. The van der Waals surface area contributed by atoms with Crippen LogP contribution in [-0.4, -0.2) is 20.2 Å². The molecule has 1 heterocycles. The predicted molar refractivity (Wildman–Crippen MR) is 77.7 cm³/mol. The van der Waals surface area contributed by atoms with E-state index >= 15 is 0 Å². The van der Waals surface area contributed by atoms with Crippen molar-refractivity contribution in [3.8, 4) is 0 Å². The first-order valence-electron chi connectivity index (χ1n) is 6.99. The number of aryl methyl sites for hydroxylation is 1. The second-order valence-corrected chi connectivity index (χ2v) is 7.65. The number of sulfonamides is 1. The van der Waals surface area contributed by atoms with Gasteiger partial charge in [0.1, 0.15) is 0 Å². The molecule has 0 spiro atoms. The molecule has 1 saturated carbocycles. The molecule has 1 fully saturated rings. The van der Waals surface area contributed by atoms with Gasteiger partial charge in [0.2, 0.25) is 10.0 Å². The Morgan fingerprint density at radius 2 is 1.89 bits per heavy atom. The molecule has 0 unspecified atom stereocenters. The number of nitrogen functional groups attached to an aromatic ring is 1. The molecule has 1 aromatic carbocycles. The van der Waals surface area contributed by atoms with Gasteiger partial charge in [-0.1, -0.05) is 12.8 Å². The van der Waals surface area contributed by atoms with Gasteiger partial charge in [-0.3, -0.25) is 4.31 Å². The Hall–Kier alpha value is -1.23. The number of benzene rings is 1. The van der Waals surface area contributed by atoms with Gasteiger partial charge in [0.25, 0.3) is 0 Å². The molecule has 0 radical (unpaired) electrons. The molecule has 3 rings (SSSR count). The van der Waals surface area contributed by atoms with Crippen LogP contribution >= 0.6 is 0 Å². The number of fused-ring (bicyclic) bond motifs is 1. The molecule has 0 atom stereocenters. The van der Waals surface area contributed by atoms with E-state index in [4.69, 9.17) is 5.73 Å². The lowest BCUT2D eigenvalue weighted by molar-refractivity contribution is 0.570. The molecule has 1 aliphatic heterocycles. The minimum Gasteiger partial charge on any atom is -0.399 e. The lowest BCUT2D eigenvalue weighted by atomic mass is 10.0. The molecular weight excluding hydrogens is 260 g/mol. The fourth-order valence-electron chi connectivity index (χ4n) is 3.21. The molecule has 1 aliphatic carbocycles. The molecule has 104 valence electrons. The van der Waals surface area contributed by atoms with Crippen molar-refractivity contribution in [3.63, 3.8) is 0 Å². The molecule has 5 heteroatoms. The first kappa shape index (κ1) is 12.8. The summed E-state index contributed by atoms with van der Waals surface area (Å²) in [6.45, 7) is 0.607. The maximum absolute atomic E-state index is 12.7. The number of nitrogens with zero attached hydrogens (tertiary/aromatic N) is 1. The maximum Gasteiger partial charge on any atom is 0.238 e. The van der Waals surface area contributed by atoms with Crippen LogP contribution in [0.2, 0.25) is 0 Å². The topological polar surface area (TPSA) is 63.4 Å². The van der Waals surface area contributed by atoms with Crippen molar-refractivity contribution in [3.05, 3.63) is 23.8 Å². The Morgan fingerprint density at radius 3 is 2.63 bits per heavy atom. The Balaban J connectivity index is 1.99. The van der Waals surface area contributed by atoms with Gasteiger partial charge in [-0.2, -0.15) is 0 Å². The molecule has 19 heavy (non-hydrogen) atoms. The smallest absolute Gasteiger partial charge is 0.238 e. The summed E-state index contributed by atoms with van der Waals surface area (Å²) in [5, 5.41) is -0.184. The molecule has 1 aromatic rings. The van der Waals surface area contributed by atoms with E-state index in [9.17, 15) is 8.42 Å². The highest BCUT2D eigenvalue weighted by Gasteiger charge is 2.36. The number of anilines is 2. The molecule has 2 aliphatic rings. The van der Waals surface area contributed by atoms with Gasteiger partial charge in [-0.15, -0.1) is 0 Å². The van der Waals surface area contributed by atoms with E-state index in [1.165, 1.54) is 0 Å². The summed E-state index contributed by atoms with van der Waals surface area (Å²) < 4.78 is 27.1. The molecular formula is C14H20N2O2S. The minimum atomic E-state index is -3.20. The van der Waals surface area contributed by atoms with Crippen LogP contribution in [0.15, 0.2) is 18.2 Å². The van der Waals surface area contributed by atoms with E-state index in [1.807, 2.05) is 12.1 Å². The van der Waals surface area contributed by atoms with E-state index in [0.717, 1.165) is 49.8 Å². The summed E-state index contributed by atoms with van der Waals surface area (Å²) in [5.41, 5.74) is 8.40. The van der Waals surface area contributed by atoms with E-state index in [1.54, 1.807) is 10.4 Å². The highest BCUT2D eigenvalue weighted by Crippen LogP contribution is 2.35. The molecule has 0 saturated heterocycles. The zero-order valence-electron chi connectivity index (χ0n) is 11.0. The van der Waals surface area contributed by atoms with Crippen LogP contribution in [0.3, 0.4) is 0 Å². The lowest BCUT2D eigenvalue weighted by Gasteiger charge is -2.32. The Morgan fingerprint density at radius 1 is 1.16 bits per heavy atom. The molecule has 0 amide bonds. The van der Waals surface area contributed by atoms with Gasteiger partial charge >= 0.3 is 0 Å². The van der Waals surface area contributed by atoms with Gasteiger partial charge in [0.15, 0.2) is 0 Å². The molecule has 0 aromatic heterocycles. The van der Waals surface area contributed by atoms with Crippen molar-refractivity contribution in [2.75, 3.05) is 16.6 Å². The summed E-state index contributed by atoms with van der Waals surface area (Å²) in [5.74, 6) is 0. The van der Waals surface area contributed by atoms with Crippen molar-refractivity contribution in [2.24, 2.45) is 0 Å². The predicted octanol–water partition coefficient (Wildman–Crippen LogP) is 2.29. The summed E-state index contributed by atoms with van der Waals surface area (Å²) in [6.07, 6.45) is 5.48. The summed E-state index contributed by atoms with van der Waals surface area (Å²) in [6, 6.07) is 5.56. The van der Waals surface area contributed by atoms with Crippen LogP contribution in [-0.2, 0) is 16.4 Å². The van der Waals surface area contributed by atoms with Crippen molar-refractivity contribution in [1.29, 1.82) is 0 Å². The number of nitrogens with two attached hydrogens (primary N) is 1. The van der Waals surface area contributed by atoms with Crippen molar-refractivity contribution >= 4 is 21.4 Å². The average Bonchev–Trinajstić information content (AvgIpc) is 2.92. The first-order chi connectivity index (χ1) is 9.09. The fourth-order valence-corrected chi connectivity index (χ4v) is 5.34. The number of hydrogen-bond acceptors (Lipinski definition) is 3. The van der Waals surface area contributed by atoms with Crippen LogP contribution in [0, 0.1) is 0 Å². The van der Waals surface area contributed by atoms with E-state index in [-0.39, 0.29) is 5.25 Å². The maximum atomic E-state index is 12.7. The van der Waals surface area contributed by atoms with Gasteiger partial charge in [0.05, 0.1) is 10.9 Å². The normalized spacial score (nSPS) is 20.5. The first-order valence-corrected chi connectivity index (χ1v) is 8.49. The summed E-state index contributed by atoms with van der Waals surface area (Å²) >= 11 is 0. The van der Waals surface area contributed by atoms with Gasteiger partial charge in [-0.05, 0) is 49.4 Å². The highest BCUT2D eigenvalue weighted by molar-refractivity contribution is 7.93. The lowest BCUT2D eigenvalue weighted by Crippen LogP contribution is -2.40. The summed E-state index contributed by atoms with van der Waals surface area (Å²) in [4.78, 5) is 0. The Labute approximate surface area is 114 Å². The largest absolute Gasteiger partial charge is 0.399 e. The SMILES string of the molecule is Nc1ccc2c(c1)CCCN2S(=O)(=O)C1CCCC1.